The van der Waals surface area contributed by atoms with Crippen LogP contribution in [0.2, 0.25) is 0 Å². The summed E-state index contributed by atoms with van der Waals surface area (Å²) in [5.41, 5.74) is 0.631. The van der Waals surface area contributed by atoms with Gasteiger partial charge in [-0.15, -0.1) is 0 Å². The quantitative estimate of drug-likeness (QED) is 0.0758. The number of amidine groups is 1. The van der Waals surface area contributed by atoms with Gasteiger partial charge in [-0.3, -0.25) is 20.3 Å². The summed E-state index contributed by atoms with van der Waals surface area (Å²) in [6.45, 7) is 14.1. The Hall–Kier alpha value is -5.20. The highest BCUT2D eigenvalue weighted by atomic mass is 16.6. The van der Waals surface area contributed by atoms with E-state index in [2.05, 4.69) is 10.3 Å². The zero-order valence-electron chi connectivity index (χ0n) is 30.1. The van der Waals surface area contributed by atoms with Gasteiger partial charge in [-0.25, -0.2) is 4.79 Å². The van der Waals surface area contributed by atoms with Crippen LogP contribution in [0.5, 0.6) is 11.5 Å². The monoisotopic (exact) mass is 690 g/mol. The van der Waals surface area contributed by atoms with Crippen LogP contribution in [0.25, 0.3) is 0 Å². The predicted molar refractivity (Wildman–Crippen MR) is 190 cm³/mol. The number of aryl methyl sites for hydroxylation is 1. The number of rotatable bonds is 15. The third-order valence-electron chi connectivity index (χ3n) is 6.82. The van der Waals surface area contributed by atoms with E-state index < -0.39 is 23.3 Å². The lowest BCUT2D eigenvalue weighted by Gasteiger charge is -2.19. The highest BCUT2D eigenvalue weighted by Crippen LogP contribution is 2.16. The number of ether oxygens (including phenoxy) is 4. The smallest absolute Gasteiger partial charge is 0.413 e. The van der Waals surface area contributed by atoms with E-state index in [1.807, 2.05) is 21.5 Å². The molecule has 0 saturated heterocycles. The number of aromatic nitrogens is 2. The number of hydrogen-bond acceptors (Lipinski definition) is 9. The first kappa shape index (κ1) is 39.2. The maximum Gasteiger partial charge on any atom is 0.413 e. The molecule has 0 radical (unpaired) electrons. The van der Waals surface area contributed by atoms with Gasteiger partial charge in [-0.05, 0) is 115 Å². The summed E-state index contributed by atoms with van der Waals surface area (Å²) < 4.78 is 26.1. The van der Waals surface area contributed by atoms with Crippen LogP contribution in [-0.4, -0.2) is 63.1 Å². The fraction of sp³-hybridized carbons (Fsp3) is 0.459. The second kappa shape index (κ2) is 18.0. The molecule has 3 aromatic rings. The van der Waals surface area contributed by atoms with Crippen molar-refractivity contribution >= 4 is 29.5 Å². The first-order valence-corrected chi connectivity index (χ1v) is 16.6. The van der Waals surface area contributed by atoms with Crippen LogP contribution in [0.1, 0.15) is 85.3 Å². The van der Waals surface area contributed by atoms with Gasteiger partial charge in [-0.2, -0.15) is 4.99 Å². The van der Waals surface area contributed by atoms with Gasteiger partial charge in [0, 0.05) is 37.1 Å². The third kappa shape index (κ3) is 14.1. The molecule has 0 aliphatic carbocycles. The second-order valence-electron chi connectivity index (χ2n) is 13.7. The molecule has 1 aromatic heterocycles. The molecule has 1 heterocycles. The lowest BCUT2D eigenvalue weighted by molar-refractivity contribution is -0.153. The van der Waals surface area contributed by atoms with E-state index in [4.69, 9.17) is 29.8 Å². The molecule has 0 saturated carbocycles. The van der Waals surface area contributed by atoms with Crippen LogP contribution in [-0.2, 0) is 32.2 Å². The molecule has 2 amide bonds. The van der Waals surface area contributed by atoms with E-state index >= 15 is 0 Å². The second-order valence-corrected chi connectivity index (χ2v) is 13.7. The van der Waals surface area contributed by atoms with Gasteiger partial charge in [-0.1, -0.05) is 0 Å². The average Bonchev–Trinajstić information content (AvgIpc) is 3.37. The molecule has 0 aliphatic rings. The minimum Gasteiger partial charge on any atom is -0.494 e. The van der Waals surface area contributed by atoms with Crippen LogP contribution in [0.3, 0.4) is 0 Å². The topological polar surface area (TPSA) is 170 Å². The fourth-order valence-electron chi connectivity index (χ4n) is 4.66. The lowest BCUT2D eigenvalue weighted by atomic mass is 10.1. The maximum atomic E-state index is 12.1. The molecule has 0 aliphatic heterocycles. The predicted octanol–water partition coefficient (Wildman–Crippen LogP) is 6.01. The van der Waals surface area contributed by atoms with Crippen molar-refractivity contribution in [1.29, 1.82) is 10.8 Å². The van der Waals surface area contributed by atoms with Crippen molar-refractivity contribution in [3.05, 3.63) is 77.7 Å². The average molecular weight is 691 g/mol. The van der Waals surface area contributed by atoms with Crippen molar-refractivity contribution in [2.45, 2.75) is 98.4 Å². The van der Waals surface area contributed by atoms with Crippen molar-refractivity contribution in [3.63, 3.8) is 0 Å². The van der Waals surface area contributed by atoms with E-state index in [1.165, 1.54) is 6.92 Å². The number of alkyl carbamates (subject to hydrolysis) is 1. The Bertz CT molecular complexity index is 1690. The number of nitrogens with one attached hydrogen (secondary N) is 3. The van der Waals surface area contributed by atoms with Gasteiger partial charge in [0.1, 0.15) is 35.1 Å². The van der Waals surface area contributed by atoms with Crippen molar-refractivity contribution in [2.75, 3.05) is 13.2 Å². The van der Waals surface area contributed by atoms with Crippen LogP contribution in [0.15, 0.2) is 65.9 Å². The first-order chi connectivity index (χ1) is 23.5. The van der Waals surface area contributed by atoms with Crippen molar-refractivity contribution in [1.82, 2.24) is 14.5 Å². The molecule has 13 heteroatoms. The van der Waals surface area contributed by atoms with Gasteiger partial charge in [0.15, 0.2) is 0 Å². The number of unbranched alkanes of at least 4 members (excludes halogenated alkanes) is 2. The fourth-order valence-corrected chi connectivity index (χ4v) is 4.66. The Morgan fingerprint density at radius 2 is 1.26 bits per heavy atom. The largest absolute Gasteiger partial charge is 0.494 e. The van der Waals surface area contributed by atoms with Gasteiger partial charge < -0.3 is 33.5 Å². The number of imidazole rings is 1. The molecule has 3 N–H and O–H groups in total. The molecule has 0 unspecified atom stereocenters. The number of carbonyl (C=O) groups excluding carboxylic acids is 3. The summed E-state index contributed by atoms with van der Waals surface area (Å²) in [6, 6.07) is 13.9. The number of carbonyl (C=O) groups is 3. The van der Waals surface area contributed by atoms with Crippen LogP contribution < -0.4 is 20.4 Å². The van der Waals surface area contributed by atoms with Gasteiger partial charge in [0.25, 0.3) is 0 Å². The van der Waals surface area contributed by atoms with Crippen LogP contribution >= 0.6 is 0 Å². The van der Waals surface area contributed by atoms with Crippen LogP contribution in [0.4, 0.5) is 4.79 Å². The summed E-state index contributed by atoms with van der Waals surface area (Å²) in [6.07, 6.45) is 5.58. The molecule has 0 fully saturated rings. The van der Waals surface area contributed by atoms with E-state index in [9.17, 15) is 14.4 Å². The molecule has 0 atom stereocenters. The Balaban J connectivity index is 1.42. The van der Waals surface area contributed by atoms with E-state index in [0.717, 1.165) is 19.3 Å². The Kier molecular flexibility index (Phi) is 14.1. The molecular formula is C37H50N6O7. The first-order valence-electron chi connectivity index (χ1n) is 16.6. The zero-order chi connectivity index (χ0) is 36.9. The maximum absolute atomic E-state index is 12.1. The summed E-state index contributed by atoms with van der Waals surface area (Å²) in [7, 11) is 0. The van der Waals surface area contributed by atoms with E-state index in [-0.39, 0.29) is 23.9 Å². The van der Waals surface area contributed by atoms with Crippen LogP contribution in [0, 0.1) is 10.8 Å². The van der Waals surface area contributed by atoms with E-state index in [0.29, 0.717) is 54.5 Å². The summed E-state index contributed by atoms with van der Waals surface area (Å²) in [5, 5.41) is 18.7. The van der Waals surface area contributed by atoms with Gasteiger partial charge in [0.05, 0.1) is 19.6 Å². The normalized spacial score (nSPS) is 11.9. The van der Waals surface area contributed by atoms with E-state index in [1.54, 1.807) is 90.1 Å². The SMILES string of the molecule is CC(=O)N=c1n(CCCCCOc2ccc(C(=N)NC(=O)OC(C)(C)C)cc2)ccn1CCOc1ccc(C(=N)CC(=O)OC(C)(C)C)cc1. The molecular weight excluding hydrogens is 640 g/mol. The zero-order valence-corrected chi connectivity index (χ0v) is 30.1. The van der Waals surface area contributed by atoms with Crippen molar-refractivity contribution < 1.29 is 33.3 Å². The Morgan fingerprint density at radius 3 is 1.82 bits per heavy atom. The molecule has 2 aromatic carbocycles. The Labute approximate surface area is 293 Å². The number of hydrogen-bond donors (Lipinski definition) is 3. The standard InChI is InChI=1S/C37H50N6O7/c1-26(44)40-34-42(19-9-8-10-23-47-29-17-13-28(14-18-29)33(39)41-35(46)50-37(5,6)7)20-21-43(34)22-24-48-30-15-11-27(12-16-30)31(38)25-32(45)49-36(2,3)4/h11-18,20-21,38H,8-10,19,22-25H2,1-7H3,(H2,39,41,46). The molecule has 0 bridgehead atoms. The lowest BCUT2D eigenvalue weighted by Crippen LogP contribution is -2.36. The summed E-state index contributed by atoms with van der Waals surface area (Å²) in [5.74, 6) is 0.505. The minimum atomic E-state index is -0.675. The van der Waals surface area contributed by atoms with Gasteiger partial charge in [0.2, 0.25) is 11.5 Å². The highest BCUT2D eigenvalue weighted by Gasteiger charge is 2.19. The summed E-state index contributed by atoms with van der Waals surface area (Å²) >= 11 is 0. The van der Waals surface area contributed by atoms with Crippen molar-refractivity contribution in [3.8, 4) is 11.5 Å². The number of esters is 1. The molecule has 0 spiro atoms. The molecule has 13 nitrogen and oxygen atoms in total. The number of benzene rings is 2. The van der Waals surface area contributed by atoms with Gasteiger partial charge >= 0.3 is 12.1 Å². The van der Waals surface area contributed by atoms with Crippen molar-refractivity contribution in [2.24, 2.45) is 4.99 Å². The Morgan fingerprint density at radius 1 is 0.720 bits per heavy atom. The summed E-state index contributed by atoms with van der Waals surface area (Å²) in [4.78, 5) is 40.1. The third-order valence-corrected chi connectivity index (χ3v) is 6.82. The molecule has 50 heavy (non-hydrogen) atoms. The number of nitrogens with zero attached hydrogens (tertiary/aromatic N) is 3. The molecule has 3 rings (SSSR count). The highest BCUT2D eigenvalue weighted by molar-refractivity contribution is 6.07. The minimum absolute atomic E-state index is 0.0529. The number of amides is 2. The molecule has 270 valence electrons.